The van der Waals surface area contributed by atoms with Crippen molar-refractivity contribution in [3.8, 4) is 0 Å². The first-order chi connectivity index (χ1) is 9.94. The van der Waals surface area contributed by atoms with Gasteiger partial charge in [-0.25, -0.2) is 4.79 Å². The number of carbonyl (C=O) groups is 1. The summed E-state index contributed by atoms with van der Waals surface area (Å²) in [5.74, 6) is -3.20. The Morgan fingerprint density at radius 3 is 2.45 bits per heavy atom. The molecule has 1 unspecified atom stereocenters. The molecule has 0 bridgehead atoms. The highest BCUT2D eigenvalue weighted by Crippen LogP contribution is 2.26. The second-order valence-electron chi connectivity index (χ2n) is 4.46. The number of nitrogens with two attached hydrogens (primary N) is 1. The molecule has 0 amide bonds. The van der Waals surface area contributed by atoms with Crippen molar-refractivity contribution in [1.82, 2.24) is 0 Å². The van der Waals surface area contributed by atoms with E-state index in [0.717, 1.165) is 0 Å². The number of nitrogen functional groups attached to an aromatic ring is 1. The highest BCUT2D eigenvalue weighted by atomic mass is 32.2. The van der Waals surface area contributed by atoms with E-state index in [2.05, 4.69) is 4.74 Å². The van der Waals surface area contributed by atoms with Crippen LogP contribution in [0.2, 0.25) is 0 Å². The van der Waals surface area contributed by atoms with Gasteiger partial charge in [0, 0.05) is 5.69 Å². The maximum Gasteiger partial charge on any atom is 0.426 e. The number of carbonyl (C=O) groups excluding carboxylic acids is 1. The fourth-order valence-corrected chi connectivity index (χ4v) is 2.22. The normalized spacial score (nSPS) is 13.6. The van der Waals surface area contributed by atoms with Gasteiger partial charge in [-0.15, -0.1) is 0 Å². The van der Waals surface area contributed by atoms with E-state index in [1.54, 1.807) is 13.9 Å². The monoisotopic (exact) mass is 339 g/mol. The average molecular weight is 339 g/mol. The summed E-state index contributed by atoms with van der Waals surface area (Å²) in [5.41, 5.74) is 5.74. The molecule has 1 aromatic rings. The van der Waals surface area contributed by atoms with Crippen LogP contribution in [0.5, 0.6) is 0 Å². The number of benzene rings is 1. The molecule has 0 heterocycles. The first-order valence-corrected chi connectivity index (χ1v) is 7.66. The molecule has 0 saturated heterocycles. The van der Waals surface area contributed by atoms with Crippen LogP contribution in [0, 0.1) is 0 Å². The predicted molar refractivity (Wildman–Crippen MR) is 74.8 cm³/mol. The molecular weight excluding hydrogens is 326 g/mol. The lowest BCUT2D eigenvalue weighted by atomic mass is 9.95. The number of anilines is 1. The van der Waals surface area contributed by atoms with Crippen LogP contribution in [0.1, 0.15) is 15.9 Å². The summed E-state index contributed by atoms with van der Waals surface area (Å²) < 4.78 is 72.0. The summed E-state index contributed by atoms with van der Waals surface area (Å²) in [6.45, 7) is 0. The van der Waals surface area contributed by atoms with Crippen molar-refractivity contribution in [1.29, 1.82) is 0 Å². The minimum Gasteiger partial charge on any atom is -0.448 e. The molecule has 1 aromatic carbocycles. The van der Waals surface area contributed by atoms with E-state index in [-0.39, 0.29) is 11.3 Å². The van der Waals surface area contributed by atoms with Gasteiger partial charge in [-0.2, -0.15) is 21.6 Å². The third-order valence-electron chi connectivity index (χ3n) is 2.72. The van der Waals surface area contributed by atoms with Crippen molar-refractivity contribution >= 4 is 29.6 Å². The minimum atomic E-state index is -5.15. The number of esters is 1. The average Bonchev–Trinajstić information content (AvgIpc) is 2.35. The molecule has 11 heteroatoms. The third-order valence-corrected chi connectivity index (χ3v) is 3.45. The van der Waals surface area contributed by atoms with Crippen molar-refractivity contribution in [3.05, 3.63) is 29.3 Å². The molecule has 0 saturated carbocycles. The van der Waals surface area contributed by atoms with E-state index >= 15 is 0 Å². The number of hydrogen-bond acceptors (Lipinski definition) is 5. The summed E-state index contributed by atoms with van der Waals surface area (Å²) >= 11 is 0. The molecule has 1 atom stereocenters. The first kappa shape index (κ1) is 18.3. The Bertz CT molecular complexity index is 662. The van der Waals surface area contributed by atoms with E-state index in [9.17, 15) is 26.4 Å². The number of halogens is 3. The number of alkyl halides is 3. The Morgan fingerprint density at radius 2 is 2.00 bits per heavy atom. The maximum absolute atomic E-state index is 12.7. The SMILES string of the molecule is BCc1ccc(N)c(C(=O)OC(CS(=O)(=O)O)C(F)(F)F)c1. The molecule has 0 aromatic heterocycles. The molecule has 6 nitrogen and oxygen atoms in total. The molecule has 0 aliphatic rings. The summed E-state index contributed by atoms with van der Waals surface area (Å²) in [7, 11) is -3.22. The standard InChI is InChI=1S/C11H13BF3NO5S/c12-4-6-1-2-8(16)7(3-6)10(17)21-9(11(13,14)15)5-22(18,19)20/h1-3,9H,4-5,12,16H2,(H,18,19,20). The van der Waals surface area contributed by atoms with Gasteiger partial charge >= 0.3 is 12.1 Å². The zero-order chi connectivity index (χ0) is 17.1. The van der Waals surface area contributed by atoms with E-state index in [0.29, 0.717) is 11.9 Å². The van der Waals surface area contributed by atoms with Gasteiger partial charge in [-0.05, 0) is 12.1 Å². The molecule has 22 heavy (non-hydrogen) atoms. The maximum atomic E-state index is 12.7. The topological polar surface area (TPSA) is 107 Å². The Balaban J connectivity index is 3.06. The highest BCUT2D eigenvalue weighted by molar-refractivity contribution is 7.85. The molecule has 0 fully saturated rings. The van der Waals surface area contributed by atoms with Crippen molar-refractivity contribution in [2.45, 2.75) is 18.6 Å². The smallest absolute Gasteiger partial charge is 0.426 e. The van der Waals surface area contributed by atoms with E-state index in [1.165, 1.54) is 12.1 Å². The lowest BCUT2D eigenvalue weighted by Gasteiger charge is -2.20. The lowest BCUT2D eigenvalue weighted by molar-refractivity contribution is -0.197. The Kier molecular flexibility index (Phi) is 5.47. The first-order valence-electron chi connectivity index (χ1n) is 6.05. The van der Waals surface area contributed by atoms with Crippen LogP contribution < -0.4 is 5.73 Å². The van der Waals surface area contributed by atoms with E-state index in [1.807, 2.05) is 0 Å². The van der Waals surface area contributed by atoms with Crippen molar-refractivity contribution < 1.29 is 35.7 Å². The Hall–Kier alpha value is -1.75. The van der Waals surface area contributed by atoms with Gasteiger partial charge in [0.25, 0.3) is 10.1 Å². The van der Waals surface area contributed by atoms with Gasteiger partial charge < -0.3 is 10.5 Å². The molecule has 122 valence electrons. The summed E-state index contributed by atoms with van der Waals surface area (Å²) in [6.07, 6.45) is -7.63. The third kappa shape index (κ3) is 5.22. The molecule has 3 N–H and O–H groups in total. The van der Waals surface area contributed by atoms with Crippen molar-refractivity contribution in [2.24, 2.45) is 0 Å². The number of ether oxygens (including phenoxy) is 1. The molecule has 1 rings (SSSR count). The van der Waals surface area contributed by atoms with Gasteiger partial charge in [-0.3, -0.25) is 4.55 Å². The molecule has 0 aliphatic carbocycles. The zero-order valence-electron chi connectivity index (χ0n) is 11.4. The molecule has 0 aliphatic heterocycles. The van der Waals surface area contributed by atoms with Gasteiger partial charge in [-0.1, -0.05) is 17.9 Å². The number of rotatable bonds is 5. The fourth-order valence-electron chi connectivity index (χ4n) is 1.58. The zero-order valence-corrected chi connectivity index (χ0v) is 12.2. The van der Waals surface area contributed by atoms with Gasteiger partial charge in [0.15, 0.2) is 0 Å². The van der Waals surface area contributed by atoms with Gasteiger partial charge in [0.1, 0.15) is 13.6 Å². The summed E-state index contributed by atoms with van der Waals surface area (Å²) in [6, 6.07) is 4.19. The van der Waals surface area contributed by atoms with Gasteiger partial charge in [0.05, 0.1) is 5.56 Å². The molecule has 0 radical (unpaired) electrons. The summed E-state index contributed by atoms with van der Waals surface area (Å²) in [4.78, 5) is 11.8. The molecule has 0 spiro atoms. The Labute approximate surface area is 125 Å². The number of hydrogen-bond donors (Lipinski definition) is 2. The fraction of sp³-hybridized carbons (Fsp3) is 0.364. The Morgan fingerprint density at radius 1 is 1.41 bits per heavy atom. The van der Waals surface area contributed by atoms with Crippen LogP contribution in [0.25, 0.3) is 0 Å². The largest absolute Gasteiger partial charge is 0.448 e. The van der Waals surface area contributed by atoms with Crippen LogP contribution >= 0.6 is 0 Å². The highest BCUT2D eigenvalue weighted by Gasteiger charge is 2.45. The van der Waals surface area contributed by atoms with Crippen LogP contribution in [0.4, 0.5) is 18.9 Å². The minimum absolute atomic E-state index is 0.102. The predicted octanol–water partition coefficient (Wildman–Crippen LogP) is 0.377. The van der Waals surface area contributed by atoms with Crippen molar-refractivity contribution in [2.75, 3.05) is 11.5 Å². The molecular formula is C11H13BF3NO5S. The van der Waals surface area contributed by atoms with Crippen LogP contribution in [0.15, 0.2) is 18.2 Å². The van der Waals surface area contributed by atoms with E-state index in [4.69, 9.17) is 10.3 Å². The van der Waals surface area contributed by atoms with Crippen LogP contribution in [0.3, 0.4) is 0 Å². The van der Waals surface area contributed by atoms with Crippen LogP contribution in [-0.2, 0) is 21.2 Å². The second-order valence-corrected chi connectivity index (χ2v) is 5.96. The second kappa shape index (κ2) is 6.57. The van der Waals surface area contributed by atoms with Gasteiger partial charge in [0.2, 0.25) is 6.10 Å². The van der Waals surface area contributed by atoms with E-state index < -0.39 is 34.1 Å². The quantitative estimate of drug-likeness (QED) is 0.348. The lowest BCUT2D eigenvalue weighted by Crippen LogP contribution is -2.39. The summed E-state index contributed by atoms with van der Waals surface area (Å²) in [5, 5.41) is 0. The van der Waals surface area contributed by atoms with Crippen LogP contribution in [-0.4, -0.2) is 44.8 Å². The van der Waals surface area contributed by atoms with Crippen molar-refractivity contribution in [3.63, 3.8) is 0 Å².